The number of guanidine groups is 1. The summed E-state index contributed by atoms with van der Waals surface area (Å²) in [6, 6.07) is 4.66. The summed E-state index contributed by atoms with van der Waals surface area (Å²) in [6.45, 7) is 1.69. The number of nitrogens with one attached hydrogen (secondary N) is 2. The Labute approximate surface area is 177 Å². The minimum atomic E-state index is -4.47. The lowest BCUT2D eigenvalue weighted by atomic mass is 10.2. The van der Waals surface area contributed by atoms with Gasteiger partial charge in [0, 0.05) is 51.2 Å². The number of rotatable bonds is 5. The van der Waals surface area contributed by atoms with Gasteiger partial charge in [-0.1, -0.05) is 11.6 Å². The summed E-state index contributed by atoms with van der Waals surface area (Å²) in [5.41, 5.74) is 0.126. The molecule has 2 N–H and O–H groups in total. The maximum Gasteiger partial charge on any atom is 0.417 e. The summed E-state index contributed by atoms with van der Waals surface area (Å²) in [6.07, 6.45) is -1.22. The van der Waals surface area contributed by atoms with E-state index in [0.29, 0.717) is 37.3 Å². The molecular formula is C19H22ClF3N6O. The van der Waals surface area contributed by atoms with Gasteiger partial charge < -0.3 is 20.3 Å². The number of methoxy groups -OCH3 is 1. The third-order valence-corrected chi connectivity index (χ3v) is 4.95. The molecule has 3 heterocycles. The fraction of sp³-hybridized carbons (Fsp3) is 0.421. The normalized spacial score (nSPS) is 17.2. The number of halogens is 4. The minimum absolute atomic E-state index is 0.0142. The van der Waals surface area contributed by atoms with E-state index in [1.165, 1.54) is 0 Å². The quantitative estimate of drug-likeness (QED) is 0.547. The summed E-state index contributed by atoms with van der Waals surface area (Å²) in [5, 5.41) is 6.53. The van der Waals surface area contributed by atoms with Crippen molar-refractivity contribution in [2.45, 2.75) is 25.2 Å². The molecule has 0 aromatic carbocycles. The summed E-state index contributed by atoms with van der Waals surface area (Å²) < 4.78 is 43.5. The van der Waals surface area contributed by atoms with Crippen LogP contribution in [0.15, 0.2) is 35.6 Å². The van der Waals surface area contributed by atoms with Gasteiger partial charge >= 0.3 is 6.18 Å². The van der Waals surface area contributed by atoms with Crippen molar-refractivity contribution >= 4 is 23.4 Å². The van der Waals surface area contributed by atoms with Gasteiger partial charge in [0.25, 0.3) is 0 Å². The van der Waals surface area contributed by atoms with Crippen molar-refractivity contribution in [3.05, 3.63) is 46.7 Å². The molecule has 3 rings (SSSR count). The van der Waals surface area contributed by atoms with E-state index in [2.05, 4.69) is 25.6 Å². The molecule has 0 radical (unpaired) electrons. The van der Waals surface area contributed by atoms with E-state index in [1.807, 2.05) is 17.0 Å². The molecule has 1 atom stereocenters. The topological polar surface area (TPSA) is 74.7 Å². The molecule has 1 fully saturated rings. The van der Waals surface area contributed by atoms with Crippen molar-refractivity contribution in [2.75, 3.05) is 32.1 Å². The summed E-state index contributed by atoms with van der Waals surface area (Å²) in [7, 11) is 3.23. The number of anilines is 1. The Morgan fingerprint density at radius 3 is 2.83 bits per heavy atom. The maximum atomic E-state index is 12.8. The lowest BCUT2D eigenvalue weighted by Crippen LogP contribution is -2.44. The Morgan fingerprint density at radius 1 is 1.37 bits per heavy atom. The highest BCUT2D eigenvalue weighted by atomic mass is 35.5. The molecule has 1 aliphatic rings. The zero-order valence-electron chi connectivity index (χ0n) is 16.5. The molecule has 2 aromatic heterocycles. The number of hydrogen-bond donors (Lipinski definition) is 2. The van der Waals surface area contributed by atoms with Crippen LogP contribution >= 0.6 is 11.6 Å². The third kappa shape index (κ3) is 5.44. The van der Waals surface area contributed by atoms with E-state index in [4.69, 9.17) is 16.3 Å². The van der Waals surface area contributed by atoms with Crippen molar-refractivity contribution in [3.8, 4) is 5.88 Å². The molecule has 2 aromatic rings. The molecule has 0 aliphatic carbocycles. The van der Waals surface area contributed by atoms with Crippen molar-refractivity contribution in [1.29, 1.82) is 0 Å². The van der Waals surface area contributed by atoms with Gasteiger partial charge in [-0.25, -0.2) is 9.97 Å². The molecule has 0 bridgehead atoms. The Hall–Kier alpha value is -2.75. The van der Waals surface area contributed by atoms with Crippen LogP contribution in [0.25, 0.3) is 0 Å². The highest BCUT2D eigenvalue weighted by molar-refractivity contribution is 6.33. The third-order valence-electron chi connectivity index (χ3n) is 4.67. The first-order chi connectivity index (χ1) is 14.3. The average Bonchev–Trinajstić information content (AvgIpc) is 3.18. The van der Waals surface area contributed by atoms with E-state index in [9.17, 15) is 13.2 Å². The molecule has 30 heavy (non-hydrogen) atoms. The molecule has 1 saturated heterocycles. The van der Waals surface area contributed by atoms with E-state index >= 15 is 0 Å². The van der Waals surface area contributed by atoms with Gasteiger partial charge in [0.05, 0.1) is 17.7 Å². The minimum Gasteiger partial charge on any atom is -0.481 e. The Bertz CT molecular complexity index is 908. The molecule has 0 spiro atoms. The van der Waals surface area contributed by atoms with Gasteiger partial charge in [0.2, 0.25) is 5.88 Å². The summed E-state index contributed by atoms with van der Waals surface area (Å²) in [4.78, 5) is 14.1. The number of pyridine rings is 2. The van der Waals surface area contributed by atoms with Crippen molar-refractivity contribution in [3.63, 3.8) is 0 Å². The van der Waals surface area contributed by atoms with Gasteiger partial charge in [-0.05, 0) is 24.1 Å². The second kappa shape index (κ2) is 9.38. The predicted molar refractivity (Wildman–Crippen MR) is 109 cm³/mol. The zero-order valence-corrected chi connectivity index (χ0v) is 17.3. The molecular weight excluding hydrogens is 421 g/mol. The lowest BCUT2D eigenvalue weighted by Gasteiger charge is -2.21. The second-order valence-corrected chi connectivity index (χ2v) is 7.14. The summed E-state index contributed by atoms with van der Waals surface area (Å²) >= 11 is 6.06. The SMILES string of the molecule is CN=C(NCc1ccnc(OC)c1)NC1CCN(c2ncc(C(F)(F)F)cc2Cl)C1. The number of nitrogens with zero attached hydrogens (tertiary/aromatic N) is 4. The van der Waals surface area contributed by atoms with Crippen LogP contribution in [0.3, 0.4) is 0 Å². The van der Waals surface area contributed by atoms with Gasteiger partial charge in [-0.15, -0.1) is 0 Å². The molecule has 1 aliphatic heterocycles. The molecule has 7 nitrogen and oxygen atoms in total. The number of aliphatic imine (C=N–C) groups is 1. The van der Waals surface area contributed by atoms with Crippen LogP contribution in [-0.4, -0.2) is 49.2 Å². The van der Waals surface area contributed by atoms with Crippen molar-refractivity contribution in [1.82, 2.24) is 20.6 Å². The maximum absolute atomic E-state index is 12.8. The number of aromatic nitrogens is 2. The van der Waals surface area contributed by atoms with Gasteiger partial charge in [-0.3, -0.25) is 4.99 Å². The standard InChI is InChI=1S/C19H22ClF3N6O/c1-24-18(27-9-12-3-5-25-16(7-12)30-2)28-14-4-6-29(11-14)17-15(20)8-13(10-26-17)19(21,22)23/h3,5,7-8,10,14H,4,6,9,11H2,1-2H3,(H2,24,27,28). The number of ether oxygens (including phenoxy) is 1. The van der Waals surface area contributed by atoms with Gasteiger partial charge in [0.15, 0.2) is 5.96 Å². The average molecular weight is 443 g/mol. The smallest absolute Gasteiger partial charge is 0.417 e. The van der Waals surface area contributed by atoms with E-state index in [0.717, 1.165) is 24.2 Å². The zero-order chi connectivity index (χ0) is 21.7. The number of hydrogen-bond acceptors (Lipinski definition) is 5. The largest absolute Gasteiger partial charge is 0.481 e. The van der Waals surface area contributed by atoms with Crippen LogP contribution < -0.4 is 20.3 Å². The first-order valence-electron chi connectivity index (χ1n) is 9.24. The fourth-order valence-electron chi connectivity index (χ4n) is 3.13. The number of alkyl halides is 3. The molecule has 0 amide bonds. The van der Waals surface area contributed by atoms with Crippen LogP contribution in [0.1, 0.15) is 17.5 Å². The molecule has 11 heteroatoms. The van der Waals surface area contributed by atoms with E-state index in [1.54, 1.807) is 20.4 Å². The first kappa shape index (κ1) is 21.9. The van der Waals surface area contributed by atoms with Crippen LogP contribution in [0.4, 0.5) is 19.0 Å². The van der Waals surface area contributed by atoms with Crippen molar-refractivity contribution < 1.29 is 17.9 Å². The monoisotopic (exact) mass is 442 g/mol. The highest BCUT2D eigenvalue weighted by Crippen LogP contribution is 2.34. The second-order valence-electron chi connectivity index (χ2n) is 6.74. The highest BCUT2D eigenvalue weighted by Gasteiger charge is 2.33. The van der Waals surface area contributed by atoms with E-state index < -0.39 is 11.7 Å². The molecule has 162 valence electrons. The van der Waals surface area contributed by atoms with Crippen LogP contribution in [0.2, 0.25) is 5.02 Å². The van der Waals surface area contributed by atoms with Crippen LogP contribution in [0, 0.1) is 0 Å². The Balaban J connectivity index is 1.57. The molecule has 0 saturated carbocycles. The first-order valence-corrected chi connectivity index (χ1v) is 9.61. The van der Waals surface area contributed by atoms with Gasteiger partial charge in [0.1, 0.15) is 5.82 Å². The molecule has 1 unspecified atom stereocenters. The van der Waals surface area contributed by atoms with Crippen LogP contribution in [0.5, 0.6) is 5.88 Å². The predicted octanol–water partition coefficient (Wildman–Crippen LogP) is 3.10. The fourth-order valence-corrected chi connectivity index (χ4v) is 3.42. The van der Waals surface area contributed by atoms with Crippen LogP contribution in [-0.2, 0) is 12.7 Å². The van der Waals surface area contributed by atoms with Gasteiger partial charge in [-0.2, -0.15) is 13.2 Å². The van der Waals surface area contributed by atoms with E-state index in [-0.39, 0.29) is 11.1 Å². The van der Waals surface area contributed by atoms with Crippen molar-refractivity contribution in [2.24, 2.45) is 4.99 Å². The Kier molecular flexibility index (Phi) is 6.86. The Morgan fingerprint density at radius 2 is 2.17 bits per heavy atom. The lowest BCUT2D eigenvalue weighted by molar-refractivity contribution is -0.137. The summed E-state index contributed by atoms with van der Waals surface area (Å²) in [5.74, 6) is 1.49.